The second-order valence-electron chi connectivity index (χ2n) is 3.93. The van der Waals surface area contributed by atoms with Crippen molar-refractivity contribution in [3.63, 3.8) is 0 Å². The number of thioether (sulfide) groups is 1. The molecule has 7 heteroatoms. The lowest BCUT2D eigenvalue weighted by molar-refractivity contribution is 0.729. The SMILES string of the molecule is CSc1ccccc1Nc1ncnc2c1nnn2C. The molecule has 0 fully saturated rings. The molecular weight excluding hydrogens is 260 g/mol. The van der Waals surface area contributed by atoms with E-state index in [4.69, 9.17) is 0 Å². The van der Waals surface area contributed by atoms with Crippen LogP contribution in [0.15, 0.2) is 35.5 Å². The highest BCUT2D eigenvalue weighted by molar-refractivity contribution is 7.98. The van der Waals surface area contributed by atoms with E-state index in [9.17, 15) is 0 Å². The van der Waals surface area contributed by atoms with E-state index < -0.39 is 0 Å². The largest absolute Gasteiger partial charge is 0.337 e. The second kappa shape index (κ2) is 4.85. The number of hydrogen-bond donors (Lipinski definition) is 1. The Labute approximate surface area is 114 Å². The number of benzene rings is 1. The van der Waals surface area contributed by atoms with Gasteiger partial charge in [-0.1, -0.05) is 17.3 Å². The number of aromatic nitrogens is 5. The molecule has 19 heavy (non-hydrogen) atoms. The Morgan fingerprint density at radius 1 is 1.21 bits per heavy atom. The molecule has 0 unspecified atom stereocenters. The van der Waals surface area contributed by atoms with Crippen LogP contribution in [0.25, 0.3) is 11.2 Å². The Balaban J connectivity index is 2.06. The molecule has 0 atom stereocenters. The third-order valence-electron chi connectivity index (χ3n) is 2.75. The number of nitrogens with one attached hydrogen (secondary N) is 1. The maximum atomic E-state index is 4.24. The van der Waals surface area contributed by atoms with E-state index in [2.05, 4.69) is 31.7 Å². The summed E-state index contributed by atoms with van der Waals surface area (Å²) in [5.41, 5.74) is 2.38. The van der Waals surface area contributed by atoms with Crippen molar-refractivity contribution in [1.82, 2.24) is 25.0 Å². The average molecular weight is 272 g/mol. The van der Waals surface area contributed by atoms with Gasteiger partial charge in [-0.2, -0.15) is 0 Å². The summed E-state index contributed by atoms with van der Waals surface area (Å²) in [5, 5.41) is 11.3. The lowest BCUT2D eigenvalue weighted by Gasteiger charge is -2.09. The summed E-state index contributed by atoms with van der Waals surface area (Å²) in [6.07, 6.45) is 3.55. The Morgan fingerprint density at radius 3 is 2.89 bits per heavy atom. The van der Waals surface area contributed by atoms with Crippen molar-refractivity contribution in [2.45, 2.75) is 4.90 Å². The molecule has 0 saturated carbocycles. The molecule has 1 aromatic carbocycles. The summed E-state index contributed by atoms with van der Waals surface area (Å²) in [5.74, 6) is 0.666. The fourth-order valence-corrected chi connectivity index (χ4v) is 2.37. The first kappa shape index (κ1) is 11.9. The summed E-state index contributed by atoms with van der Waals surface area (Å²) in [7, 11) is 1.81. The molecule has 0 aliphatic rings. The van der Waals surface area contributed by atoms with Gasteiger partial charge in [0.1, 0.15) is 6.33 Å². The predicted molar refractivity (Wildman–Crippen MR) is 75.6 cm³/mol. The maximum Gasteiger partial charge on any atom is 0.183 e. The predicted octanol–water partition coefficient (Wildman–Crippen LogP) is 2.22. The van der Waals surface area contributed by atoms with Gasteiger partial charge < -0.3 is 5.32 Å². The minimum Gasteiger partial charge on any atom is -0.337 e. The highest BCUT2D eigenvalue weighted by atomic mass is 32.2. The van der Waals surface area contributed by atoms with Crippen molar-refractivity contribution in [3.05, 3.63) is 30.6 Å². The summed E-state index contributed by atoms with van der Waals surface area (Å²) in [4.78, 5) is 9.56. The van der Waals surface area contributed by atoms with Gasteiger partial charge in [0.05, 0.1) is 5.69 Å². The lowest BCUT2D eigenvalue weighted by Crippen LogP contribution is -1.98. The second-order valence-corrected chi connectivity index (χ2v) is 4.78. The minimum absolute atomic E-state index is 0.666. The van der Waals surface area contributed by atoms with Crippen LogP contribution in [0.2, 0.25) is 0 Å². The van der Waals surface area contributed by atoms with Crippen LogP contribution < -0.4 is 5.32 Å². The summed E-state index contributed by atoms with van der Waals surface area (Å²) < 4.78 is 1.63. The van der Waals surface area contributed by atoms with E-state index in [1.165, 1.54) is 6.33 Å². The molecule has 0 aliphatic carbocycles. The number of aryl methyl sites for hydroxylation is 1. The van der Waals surface area contributed by atoms with Gasteiger partial charge in [-0.3, -0.25) is 0 Å². The highest BCUT2D eigenvalue weighted by Gasteiger charge is 2.10. The quantitative estimate of drug-likeness (QED) is 0.737. The smallest absolute Gasteiger partial charge is 0.183 e. The Hall–Kier alpha value is -2.15. The van der Waals surface area contributed by atoms with Gasteiger partial charge in [-0.15, -0.1) is 16.9 Å². The van der Waals surface area contributed by atoms with Crippen LogP contribution in [-0.4, -0.2) is 31.2 Å². The van der Waals surface area contributed by atoms with Crippen LogP contribution in [0.1, 0.15) is 0 Å². The number of anilines is 2. The topological polar surface area (TPSA) is 68.5 Å². The molecule has 0 radical (unpaired) electrons. The van der Waals surface area contributed by atoms with Crippen molar-refractivity contribution in [3.8, 4) is 0 Å². The molecule has 0 amide bonds. The van der Waals surface area contributed by atoms with E-state index in [1.54, 1.807) is 16.4 Å². The first-order chi connectivity index (χ1) is 9.29. The number of hydrogen-bond acceptors (Lipinski definition) is 6. The van der Waals surface area contributed by atoms with Crippen LogP contribution in [-0.2, 0) is 7.05 Å². The van der Waals surface area contributed by atoms with Gasteiger partial charge in [0.15, 0.2) is 17.0 Å². The number of para-hydroxylation sites is 1. The van der Waals surface area contributed by atoms with E-state index in [-0.39, 0.29) is 0 Å². The van der Waals surface area contributed by atoms with Crippen molar-refractivity contribution >= 4 is 34.4 Å². The molecule has 0 spiro atoms. The van der Waals surface area contributed by atoms with Gasteiger partial charge in [0.2, 0.25) is 0 Å². The van der Waals surface area contributed by atoms with Crippen molar-refractivity contribution in [2.24, 2.45) is 7.05 Å². The van der Waals surface area contributed by atoms with Crippen LogP contribution in [0, 0.1) is 0 Å². The Kier molecular flexibility index (Phi) is 3.04. The van der Waals surface area contributed by atoms with Gasteiger partial charge in [-0.25, -0.2) is 14.6 Å². The third kappa shape index (κ3) is 2.12. The van der Waals surface area contributed by atoms with Crippen LogP contribution >= 0.6 is 11.8 Å². The maximum absolute atomic E-state index is 4.24. The fourth-order valence-electron chi connectivity index (χ4n) is 1.82. The van der Waals surface area contributed by atoms with E-state index in [0.717, 1.165) is 10.6 Å². The first-order valence-corrected chi connectivity index (χ1v) is 6.92. The molecule has 3 aromatic rings. The molecule has 0 saturated heterocycles. The first-order valence-electron chi connectivity index (χ1n) is 5.70. The minimum atomic E-state index is 0.666. The van der Waals surface area contributed by atoms with Gasteiger partial charge >= 0.3 is 0 Å². The summed E-state index contributed by atoms with van der Waals surface area (Å²) >= 11 is 1.68. The van der Waals surface area contributed by atoms with Crippen LogP contribution in [0.5, 0.6) is 0 Å². The normalized spacial score (nSPS) is 10.8. The van der Waals surface area contributed by atoms with Crippen LogP contribution in [0.4, 0.5) is 11.5 Å². The molecule has 6 nitrogen and oxygen atoms in total. The zero-order valence-corrected chi connectivity index (χ0v) is 11.3. The van der Waals surface area contributed by atoms with Crippen molar-refractivity contribution in [1.29, 1.82) is 0 Å². The molecule has 3 rings (SSSR count). The van der Waals surface area contributed by atoms with Crippen molar-refractivity contribution < 1.29 is 0 Å². The third-order valence-corrected chi connectivity index (χ3v) is 3.54. The van der Waals surface area contributed by atoms with E-state index in [0.29, 0.717) is 17.0 Å². The molecule has 2 aromatic heterocycles. The zero-order valence-electron chi connectivity index (χ0n) is 10.5. The van der Waals surface area contributed by atoms with Gasteiger partial charge in [-0.05, 0) is 18.4 Å². The molecule has 2 heterocycles. The van der Waals surface area contributed by atoms with Gasteiger partial charge in [0.25, 0.3) is 0 Å². The molecule has 0 bridgehead atoms. The molecule has 0 aliphatic heterocycles. The Bertz CT molecular complexity index is 723. The average Bonchev–Trinajstić information content (AvgIpc) is 2.82. The Morgan fingerprint density at radius 2 is 2.05 bits per heavy atom. The number of rotatable bonds is 3. The van der Waals surface area contributed by atoms with E-state index in [1.807, 2.05) is 31.5 Å². The lowest BCUT2D eigenvalue weighted by atomic mass is 10.3. The molecule has 1 N–H and O–H groups in total. The number of nitrogens with zero attached hydrogens (tertiary/aromatic N) is 5. The highest BCUT2D eigenvalue weighted by Crippen LogP contribution is 2.28. The molecule has 96 valence electrons. The van der Waals surface area contributed by atoms with Gasteiger partial charge in [0, 0.05) is 11.9 Å². The molecular formula is C12H12N6S. The fraction of sp³-hybridized carbons (Fsp3) is 0.167. The summed E-state index contributed by atoms with van der Waals surface area (Å²) in [6.45, 7) is 0. The summed E-state index contributed by atoms with van der Waals surface area (Å²) in [6, 6.07) is 8.06. The standard InChI is InChI=1S/C12H12N6S/c1-18-12-10(16-17-18)11(13-7-14-12)15-8-5-3-4-6-9(8)19-2/h3-7H,1-2H3,(H,13,14,15). The zero-order chi connectivity index (χ0) is 13.2. The van der Waals surface area contributed by atoms with Crippen molar-refractivity contribution in [2.75, 3.05) is 11.6 Å². The van der Waals surface area contributed by atoms with Crippen LogP contribution in [0.3, 0.4) is 0 Å². The number of fused-ring (bicyclic) bond motifs is 1. The van der Waals surface area contributed by atoms with E-state index >= 15 is 0 Å². The monoisotopic (exact) mass is 272 g/mol.